The quantitative estimate of drug-likeness (QED) is 0.508. The van der Waals surface area contributed by atoms with E-state index in [4.69, 9.17) is 16.5 Å². The molecule has 0 atom stereocenters. The Morgan fingerprint density at radius 1 is 0.417 bits per heavy atom. The maximum Gasteiger partial charge on any atom is 0.486 e. The van der Waals surface area contributed by atoms with Gasteiger partial charge in [-0.2, -0.15) is 0 Å². The van der Waals surface area contributed by atoms with Gasteiger partial charge < -0.3 is 35.6 Å². The molecule has 1 saturated heterocycles. The summed E-state index contributed by atoms with van der Waals surface area (Å²) in [4.78, 5) is 43.8. The molecule has 4 N–H and O–H groups in total. The summed E-state index contributed by atoms with van der Waals surface area (Å²) in [5.74, 6) is 0. The summed E-state index contributed by atoms with van der Waals surface area (Å²) in [6.45, 7) is 13.5. The largest absolute Gasteiger partial charge is 0.486 e. The average Bonchev–Trinajstić information content (AvgIpc) is 2.35. The van der Waals surface area contributed by atoms with Gasteiger partial charge in [-0.15, -0.1) is 0 Å². The van der Waals surface area contributed by atoms with E-state index in [1.165, 1.54) is 0 Å². The molecule has 1 fully saturated rings. The molecule has 0 amide bonds. The van der Waals surface area contributed by atoms with Gasteiger partial charge in [0.25, 0.3) is 0 Å². The molecule has 1 heterocycles. The van der Waals surface area contributed by atoms with Crippen molar-refractivity contribution in [3.8, 4) is 0 Å². The molecule has 1 aliphatic heterocycles. The minimum atomic E-state index is -4.01. The minimum Gasteiger partial charge on any atom is -0.390 e. The average molecular weight is 417 g/mol. The molecule has 0 spiro atoms. The van der Waals surface area contributed by atoms with Gasteiger partial charge in [0.2, 0.25) is 0 Å². The zero-order chi connectivity index (χ0) is 19.1. The van der Waals surface area contributed by atoms with Crippen molar-refractivity contribution >= 4 is 35.2 Å². The van der Waals surface area contributed by atoms with Gasteiger partial charge in [-0.05, 0) is 0 Å². The molecule has 0 aliphatic carbocycles. The molecule has 144 valence electrons. The Labute approximate surface area is 148 Å². The first-order valence-electron chi connectivity index (χ1n) is 8.30. The first-order valence-corrected chi connectivity index (χ1v) is 15.7. The van der Waals surface area contributed by atoms with E-state index in [1.54, 1.807) is 55.4 Å². The topological polar surface area (TPSA) is 118 Å². The second kappa shape index (κ2) is 7.28. The summed E-state index contributed by atoms with van der Waals surface area (Å²) in [5.41, 5.74) is -1.92. The van der Waals surface area contributed by atoms with Crippen molar-refractivity contribution in [3.05, 3.63) is 0 Å². The molecule has 0 radical (unpaired) electrons. The van der Waals surface area contributed by atoms with E-state index < -0.39 is 57.4 Å². The van der Waals surface area contributed by atoms with Crippen LogP contribution >= 0.6 is 0 Å². The van der Waals surface area contributed by atoms with Crippen LogP contribution in [0.5, 0.6) is 0 Å². The molecule has 0 bridgehead atoms. The van der Waals surface area contributed by atoms with Crippen molar-refractivity contribution in [3.63, 3.8) is 0 Å². The van der Waals surface area contributed by atoms with Crippen LogP contribution in [-0.2, 0) is 16.5 Å². The lowest BCUT2D eigenvalue weighted by molar-refractivity contribution is 0.0539. The van der Waals surface area contributed by atoms with E-state index in [0.29, 0.717) is 0 Å². The van der Waals surface area contributed by atoms with Gasteiger partial charge in [0.05, 0.1) is 0 Å². The van der Waals surface area contributed by atoms with Gasteiger partial charge in [-0.1, -0.05) is 55.4 Å². The Bertz CT molecular complexity index is 357. The highest BCUT2D eigenvalue weighted by molar-refractivity contribution is 6.89. The van der Waals surface area contributed by atoms with Gasteiger partial charge in [-0.3, -0.25) is 0 Å². The lowest BCUT2D eigenvalue weighted by Gasteiger charge is -2.48. The molecule has 0 saturated carbocycles. The Morgan fingerprint density at radius 2 is 0.542 bits per heavy atom. The fourth-order valence-corrected chi connectivity index (χ4v) is 18.3. The molecular weight excluding hydrogens is 384 g/mol. The Morgan fingerprint density at radius 3 is 0.625 bits per heavy atom. The fraction of sp³-hybridized carbons (Fsp3) is 1.00. The van der Waals surface area contributed by atoms with E-state index >= 15 is 0 Å². The monoisotopic (exact) mass is 416 g/mol. The van der Waals surface area contributed by atoms with Crippen LogP contribution in [0.2, 0.25) is 22.2 Å². The molecule has 1 aliphatic rings. The molecule has 0 aromatic carbocycles. The maximum absolute atomic E-state index is 10.9. The van der Waals surface area contributed by atoms with Crippen molar-refractivity contribution in [2.45, 2.75) is 77.6 Å². The molecule has 0 unspecified atom stereocenters. The summed E-state index contributed by atoms with van der Waals surface area (Å²) < 4.78 is 22.8. The fourth-order valence-electron chi connectivity index (χ4n) is 1.86. The van der Waals surface area contributed by atoms with Crippen molar-refractivity contribution in [1.29, 1.82) is 0 Å². The first kappa shape index (κ1) is 22.6. The number of hydrogen-bond donors (Lipinski definition) is 4. The van der Waals surface area contributed by atoms with Gasteiger partial charge in [0.1, 0.15) is 0 Å². The minimum absolute atomic E-state index is 0.479. The second-order valence-corrected chi connectivity index (χ2v) is 20.5. The van der Waals surface area contributed by atoms with E-state index in [0.717, 1.165) is 0 Å². The predicted octanol–water partition coefficient (Wildman–Crippen LogP) is 1.43. The van der Waals surface area contributed by atoms with Crippen molar-refractivity contribution in [1.82, 2.24) is 0 Å². The summed E-state index contributed by atoms with van der Waals surface area (Å²) in [6, 6.07) is 0. The van der Waals surface area contributed by atoms with Gasteiger partial charge in [0.15, 0.2) is 0 Å². The summed E-state index contributed by atoms with van der Waals surface area (Å²) in [7, 11) is -16.0. The lowest BCUT2D eigenvalue weighted by Crippen LogP contribution is -2.73. The number of rotatable bonds is 4. The van der Waals surface area contributed by atoms with Crippen molar-refractivity contribution < 1.29 is 35.6 Å². The third kappa shape index (κ3) is 4.44. The highest BCUT2D eigenvalue weighted by Crippen LogP contribution is 2.41. The zero-order valence-corrected chi connectivity index (χ0v) is 19.7. The summed E-state index contributed by atoms with van der Waals surface area (Å²) in [6.07, 6.45) is 0. The zero-order valence-electron chi connectivity index (χ0n) is 15.7. The predicted molar refractivity (Wildman–Crippen MR) is 96.6 cm³/mol. The summed E-state index contributed by atoms with van der Waals surface area (Å²) in [5, 5.41) is 0. The van der Waals surface area contributed by atoms with E-state index in [9.17, 15) is 19.2 Å². The normalized spacial score (nSPS) is 42.0. The molecule has 8 nitrogen and oxygen atoms in total. The van der Waals surface area contributed by atoms with Crippen LogP contribution in [0.25, 0.3) is 0 Å². The first-order chi connectivity index (χ1) is 10.6. The Hall–Kier alpha value is 0.548. The Balaban J connectivity index is 3.47. The van der Waals surface area contributed by atoms with E-state index in [2.05, 4.69) is 0 Å². The standard InChI is InChI=1S/C12H32O8Si4/c1-9(2)21(13)17-22(14,10(3)4)19-24(16,12(7)8)20-23(15,18-21)11(5)6/h9-16H,1-8H3. The summed E-state index contributed by atoms with van der Waals surface area (Å²) >= 11 is 0. The third-order valence-corrected chi connectivity index (χ3v) is 19.3. The van der Waals surface area contributed by atoms with Crippen molar-refractivity contribution in [2.24, 2.45) is 0 Å². The van der Waals surface area contributed by atoms with Crippen LogP contribution in [0.3, 0.4) is 0 Å². The smallest absolute Gasteiger partial charge is 0.390 e. The highest BCUT2D eigenvalue weighted by atomic mass is 28.6. The van der Waals surface area contributed by atoms with Crippen LogP contribution in [0, 0.1) is 0 Å². The van der Waals surface area contributed by atoms with Crippen LogP contribution in [0.1, 0.15) is 55.4 Å². The van der Waals surface area contributed by atoms with Gasteiger partial charge in [0, 0.05) is 22.2 Å². The molecule has 12 heteroatoms. The molecule has 1 rings (SSSR count). The molecule has 0 aromatic rings. The molecule has 0 aromatic heterocycles. The number of hydrogen-bond acceptors (Lipinski definition) is 8. The van der Waals surface area contributed by atoms with Gasteiger partial charge in [-0.25, -0.2) is 0 Å². The Kier molecular flexibility index (Phi) is 6.85. The highest BCUT2D eigenvalue weighted by Gasteiger charge is 2.67. The van der Waals surface area contributed by atoms with Crippen molar-refractivity contribution in [2.75, 3.05) is 0 Å². The molecule has 24 heavy (non-hydrogen) atoms. The second-order valence-electron chi connectivity index (χ2n) is 7.55. The third-order valence-electron chi connectivity index (χ3n) is 4.09. The van der Waals surface area contributed by atoms with E-state index in [1.807, 2.05) is 0 Å². The van der Waals surface area contributed by atoms with Crippen LogP contribution in [0.4, 0.5) is 0 Å². The molecular formula is C12H32O8Si4. The lowest BCUT2D eigenvalue weighted by atomic mass is 10.6. The van der Waals surface area contributed by atoms with Crippen LogP contribution in [-0.4, -0.2) is 54.4 Å². The SMILES string of the molecule is CC(C)[Si]1(O)O[Si](O)(C(C)C)O[Si](O)(C(C)C)O[Si](O)(C(C)C)O1. The van der Waals surface area contributed by atoms with Crippen LogP contribution in [0.15, 0.2) is 0 Å². The maximum atomic E-state index is 10.9. The van der Waals surface area contributed by atoms with E-state index in [-0.39, 0.29) is 0 Å². The van der Waals surface area contributed by atoms with Crippen LogP contribution < -0.4 is 0 Å². The van der Waals surface area contributed by atoms with Gasteiger partial charge >= 0.3 is 35.2 Å².